The van der Waals surface area contributed by atoms with Gasteiger partial charge in [0, 0.05) is 6.42 Å². The Bertz CT molecular complexity index is 246. The Morgan fingerprint density at radius 3 is 2.21 bits per heavy atom. The second-order valence-electron chi connectivity index (χ2n) is 3.51. The highest BCUT2D eigenvalue weighted by Gasteiger charge is 2.54. The van der Waals surface area contributed by atoms with Crippen molar-refractivity contribution in [2.45, 2.75) is 36.4 Å². The topological polar surface area (TPSA) is 144 Å². The largest absolute Gasteiger partial charge is 0.479 e. The third kappa shape index (κ3) is 1.49. The summed E-state index contributed by atoms with van der Waals surface area (Å²) in [7, 11) is 0. The first-order chi connectivity index (χ1) is 6.30. The van der Waals surface area contributed by atoms with Crippen LogP contribution in [0.25, 0.3) is 0 Å². The Balaban J connectivity index is 2.96. The van der Waals surface area contributed by atoms with Crippen LogP contribution in [0.15, 0.2) is 0 Å². The summed E-state index contributed by atoms with van der Waals surface area (Å²) in [6.45, 7) is 0. The van der Waals surface area contributed by atoms with Crippen molar-refractivity contribution in [3.8, 4) is 0 Å². The van der Waals surface area contributed by atoms with E-state index in [0.29, 0.717) is 0 Å². The van der Waals surface area contributed by atoms with E-state index in [1.807, 2.05) is 0 Å². The zero-order chi connectivity index (χ0) is 11.1. The molecular weight excluding hydrogens is 194 g/mol. The predicted molar refractivity (Wildman–Crippen MR) is 43.2 cm³/mol. The van der Waals surface area contributed by atoms with Gasteiger partial charge in [-0.3, -0.25) is 0 Å². The van der Waals surface area contributed by atoms with Gasteiger partial charge in [0.2, 0.25) is 0 Å². The summed E-state index contributed by atoms with van der Waals surface area (Å²) in [6.07, 6.45) is -5.32. The quantitative estimate of drug-likeness (QED) is 0.263. The molecule has 14 heavy (non-hydrogen) atoms. The smallest absolute Gasteiger partial charge is 0.337 e. The summed E-state index contributed by atoms with van der Waals surface area (Å²) < 4.78 is 0. The van der Waals surface area contributed by atoms with Crippen LogP contribution in [0.1, 0.15) is 6.42 Å². The molecule has 0 aliphatic heterocycles. The molecule has 3 unspecified atom stereocenters. The number of carboxylic acid groups (broad SMARTS) is 1. The van der Waals surface area contributed by atoms with Crippen LogP contribution in [-0.4, -0.2) is 61.5 Å². The maximum atomic E-state index is 10.7. The SMILES string of the molecule is NC1[C@@H](O)C(O)[C@H](O)CC1(O)C(=O)O. The molecule has 0 heterocycles. The fourth-order valence-corrected chi connectivity index (χ4v) is 1.53. The average molecular weight is 207 g/mol. The predicted octanol–water partition coefficient (Wildman–Crippen LogP) is -3.38. The van der Waals surface area contributed by atoms with Crippen molar-refractivity contribution < 1.29 is 30.3 Å². The van der Waals surface area contributed by atoms with Gasteiger partial charge in [-0.2, -0.15) is 0 Å². The van der Waals surface area contributed by atoms with Crippen LogP contribution in [0.4, 0.5) is 0 Å². The molecule has 0 radical (unpaired) electrons. The highest BCUT2D eigenvalue weighted by molar-refractivity contribution is 5.78. The van der Waals surface area contributed by atoms with Crippen molar-refractivity contribution in [1.29, 1.82) is 0 Å². The third-order valence-corrected chi connectivity index (χ3v) is 2.55. The molecule has 7 N–H and O–H groups in total. The lowest BCUT2D eigenvalue weighted by Gasteiger charge is -2.42. The molecule has 1 rings (SSSR count). The van der Waals surface area contributed by atoms with Gasteiger partial charge in [-0.05, 0) is 0 Å². The summed E-state index contributed by atoms with van der Waals surface area (Å²) >= 11 is 0. The van der Waals surface area contributed by atoms with E-state index in [-0.39, 0.29) is 0 Å². The van der Waals surface area contributed by atoms with Gasteiger partial charge in [-0.15, -0.1) is 0 Å². The van der Waals surface area contributed by atoms with Crippen molar-refractivity contribution in [1.82, 2.24) is 0 Å². The fraction of sp³-hybridized carbons (Fsp3) is 0.857. The summed E-state index contributed by atoms with van der Waals surface area (Å²) in [6, 6.07) is -1.53. The first-order valence-corrected chi connectivity index (χ1v) is 4.06. The zero-order valence-corrected chi connectivity index (χ0v) is 7.24. The Hall–Kier alpha value is -0.730. The van der Waals surface area contributed by atoms with Crippen LogP contribution in [0.5, 0.6) is 0 Å². The van der Waals surface area contributed by atoms with Crippen LogP contribution in [-0.2, 0) is 4.79 Å². The Morgan fingerprint density at radius 1 is 1.29 bits per heavy atom. The van der Waals surface area contributed by atoms with E-state index in [9.17, 15) is 15.0 Å². The van der Waals surface area contributed by atoms with E-state index >= 15 is 0 Å². The molecule has 0 bridgehead atoms. The molecule has 1 aliphatic rings. The molecule has 5 atom stereocenters. The Kier molecular flexibility index (Phi) is 2.79. The van der Waals surface area contributed by atoms with Crippen LogP contribution >= 0.6 is 0 Å². The number of aliphatic hydroxyl groups excluding tert-OH is 3. The van der Waals surface area contributed by atoms with Crippen LogP contribution < -0.4 is 5.73 Å². The standard InChI is InChI=1S/C7H13NO6/c8-5-4(11)3(10)2(9)1-7(5,14)6(12)13/h2-5,9-11,14H,1,8H2,(H,12,13)/t2-,3?,4+,5?,7?/m1/s1. The fourth-order valence-electron chi connectivity index (χ4n) is 1.53. The van der Waals surface area contributed by atoms with Gasteiger partial charge in [0.05, 0.1) is 12.1 Å². The molecule has 1 aliphatic carbocycles. The lowest BCUT2D eigenvalue weighted by atomic mass is 9.76. The van der Waals surface area contributed by atoms with Gasteiger partial charge >= 0.3 is 5.97 Å². The highest BCUT2D eigenvalue weighted by atomic mass is 16.4. The first kappa shape index (κ1) is 11.3. The zero-order valence-electron chi connectivity index (χ0n) is 7.24. The number of aliphatic hydroxyl groups is 4. The molecule has 0 aromatic rings. The molecule has 1 fully saturated rings. The van der Waals surface area contributed by atoms with E-state index in [1.54, 1.807) is 0 Å². The van der Waals surface area contributed by atoms with Crippen molar-refractivity contribution in [2.75, 3.05) is 0 Å². The Labute approximate surface area is 79.4 Å². The molecule has 1 saturated carbocycles. The Morgan fingerprint density at radius 2 is 1.79 bits per heavy atom. The van der Waals surface area contributed by atoms with Crippen LogP contribution in [0.3, 0.4) is 0 Å². The van der Waals surface area contributed by atoms with Gasteiger partial charge in [0.15, 0.2) is 5.60 Å². The molecule has 0 aromatic heterocycles. The summed E-state index contributed by atoms with van der Waals surface area (Å²) in [5, 5.41) is 45.7. The van der Waals surface area contributed by atoms with Crippen LogP contribution in [0.2, 0.25) is 0 Å². The number of carbonyl (C=O) groups is 1. The summed E-state index contributed by atoms with van der Waals surface area (Å²) in [5.74, 6) is -1.63. The van der Waals surface area contributed by atoms with Gasteiger partial charge < -0.3 is 31.3 Å². The number of hydrogen-bond acceptors (Lipinski definition) is 6. The lowest BCUT2D eigenvalue weighted by molar-refractivity contribution is -0.193. The second-order valence-corrected chi connectivity index (χ2v) is 3.51. The molecular formula is C7H13NO6. The van der Waals surface area contributed by atoms with Gasteiger partial charge in [0.25, 0.3) is 0 Å². The monoisotopic (exact) mass is 207 g/mol. The van der Waals surface area contributed by atoms with Gasteiger partial charge in [-0.25, -0.2) is 4.79 Å². The number of aliphatic carboxylic acids is 1. The van der Waals surface area contributed by atoms with E-state index < -0.39 is 42.3 Å². The van der Waals surface area contributed by atoms with Gasteiger partial charge in [0.1, 0.15) is 12.2 Å². The second kappa shape index (κ2) is 3.44. The van der Waals surface area contributed by atoms with Crippen molar-refractivity contribution in [3.63, 3.8) is 0 Å². The maximum Gasteiger partial charge on any atom is 0.337 e. The number of nitrogens with two attached hydrogens (primary N) is 1. The summed E-state index contributed by atoms with van der Waals surface area (Å²) in [5.41, 5.74) is 2.85. The number of rotatable bonds is 1. The van der Waals surface area contributed by atoms with Gasteiger partial charge in [-0.1, -0.05) is 0 Å². The minimum Gasteiger partial charge on any atom is -0.479 e. The lowest BCUT2D eigenvalue weighted by Crippen LogP contribution is -2.69. The summed E-state index contributed by atoms with van der Waals surface area (Å²) in [4.78, 5) is 10.7. The van der Waals surface area contributed by atoms with Crippen molar-refractivity contribution >= 4 is 5.97 Å². The number of carboxylic acids is 1. The molecule has 0 spiro atoms. The average Bonchev–Trinajstić information content (AvgIpc) is 2.11. The van der Waals surface area contributed by atoms with Crippen molar-refractivity contribution in [2.24, 2.45) is 5.73 Å². The number of hydrogen-bond donors (Lipinski definition) is 6. The molecule has 82 valence electrons. The minimum atomic E-state index is -2.40. The molecule has 7 heteroatoms. The van der Waals surface area contributed by atoms with Crippen molar-refractivity contribution in [3.05, 3.63) is 0 Å². The molecule has 0 amide bonds. The molecule has 0 aromatic carbocycles. The van der Waals surface area contributed by atoms with E-state index in [4.69, 9.17) is 21.1 Å². The third-order valence-electron chi connectivity index (χ3n) is 2.55. The normalized spacial score (nSPS) is 48.9. The first-order valence-electron chi connectivity index (χ1n) is 4.06. The highest BCUT2D eigenvalue weighted by Crippen LogP contribution is 2.28. The molecule has 0 saturated heterocycles. The molecule has 7 nitrogen and oxygen atoms in total. The minimum absolute atomic E-state index is 0.609. The van der Waals surface area contributed by atoms with E-state index in [0.717, 1.165) is 0 Å². The van der Waals surface area contributed by atoms with E-state index in [1.165, 1.54) is 0 Å². The van der Waals surface area contributed by atoms with E-state index in [2.05, 4.69) is 0 Å². The maximum absolute atomic E-state index is 10.7. The van der Waals surface area contributed by atoms with Crippen LogP contribution in [0, 0.1) is 0 Å².